The maximum Gasteiger partial charge on any atom is 0.573 e. The van der Waals surface area contributed by atoms with Gasteiger partial charge in [-0.2, -0.15) is 0 Å². The van der Waals surface area contributed by atoms with E-state index in [9.17, 15) is 13.2 Å². The van der Waals surface area contributed by atoms with E-state index < -0.39 is 6.36 Å². The van der Waals surface area contributed by atoms with Crippen LogP contribution < -0.4 is 10.1 Å². The van der Waals surface area contributed by atoms with Crippen LogP contribution in [0.15, 0.2) is 46.9 Å². The number of alkyl halides is 3. The summed E-state index contributed by atoms with van der Waals surface area (Å²) in [5.74, 6) is -0.214. The van der Waals surface area contributed by atoms with Crippen molar-refractivity contribution in [3.63, 3.8) is 0 Å². The first kappa shape index (κ1) is 15.7. The van der Waals surface area contributed by atoms with E-state index in [4.69, 9.17) is 0 Å². The summed E-state index contributed by atoms with van der Waals surface area (Å²) in [5.41, 5.74) is 2.68. The van der Waals surface area contributed by atoms with Crippen LogP contribution in [0.5, 0.6) is 5.75 Å². The Morgan fingerprint density at radius 2 is 1.90 bits per heavy atom. The summed E-state index contributed by atoms with van der Waals surface area (Å²) in [6.07, 6.45) is -4.67. The topological polar surface area (TPSA) is 21.3 Å². The van der Waals surface area contributed by atoms with Crippen molar-refractivity contribution in [1.82, 2.24) is 0 Å². The third-order valence-electron chi connectivity index (χ3n) is 2.79. The van der Waals surface area contributed by atoms with Gasteiger partial charge in [-0.1, -0.05) is 28.1 Å². The van der Waals surface area contributed by atoms with Crippen molar-refractivity contribution in [3.8, 4) is 5.75 Å². The van der Waals surface area contributed by atoms with Gasteiger partial charge >= 0.3 is 6.36 Å². The van der Waals surface area contributed by atoms with E-state index in [0.717, 1.165) is 15.7 Å². The molecule has 112 valence electrons. The lowest BCUT2D eigenvalue weighted by molar-refractivity contribution is -0.274. The maximum absolute atomic E-state index is 12.2. The molecule has 2 nitrogen and oxygen atoms in total. The summed E-state index contributed by atoms with van der Waals surface area (Å²) in [5, 5.41) is 3.16. The van der Waals surface area contributed by atoms with E-state index in [1.807, 2.05) is 25.1 Å². The lowest BCUT2D eigenvalue weighted by atomic mass is 10.2. The van der Waals surface area contributed by atoms with Crippen molar-refractivity contribution in [2.24, 2.45) is 0 Å². The van der Waals surface area contributed by atoms with Gasteiger partial charge in [0, 0.05) is 16.7 Å². The average Bonchev–Trinajstić information content (AvgIpc) is 2.39. The molecule has 0 aliphatic heterocycles. The Hall–Kier alpha value is -1.69. The summed E-state index contributed by atoms with van der Waals surface area (Å²) in [7, 11) is 0. The van der Waals surface area contributed by atoms with Crippen LogP contribution in [0.3, 0.4) is 0 Å². The Morgan fingerprint density at radius 1 is 1.14 bits per heavy atom. The Kier molecular flexibility index (Phi) is 4.77. The molecule has 0 radical (unpaired) electrons. The van der Waals surface area contributed by atoms with Gasteiger partial charge in [0.05, 0.1) is 0 Å². The molecule has 1 N–H and O–H groups in total. The largest absolute Gasteiger partial charge is 0.573 e. The molecule has 2 aromatic carbocycles. The van der Waals surface area contributed by atoms with Gasteiger partial charge in [-0.05, 0) is 48.4 Å². The summed E-state index contributed by atoms with van der Waals surface area (Å²) < 4.78 is 41.4. The van der Waals surface area contributed by atoms with Crippen LogP contribution in [0.2, 0.25) is 0 Å². The predicted octanol–water partition coefficient (Wildman–Crippen LogP) is 5.27. The second kappa shape index (κ2) is 6.39. The van der Waals surface area contributed by atoms with Crippen LogP contribution in [0.25, 0.3) is 0 Å². The van der Waals surface area contributed by atoms with Crippen molar-refractivity contribution < 1.29 is 17.9 Å². The highest BCUT2D eigenvalue weighted by molar-refractivity contribution is 9.10. The molecule has 21 heavy (non-hydrogen) atoms. The number of benzene rings is 2. The van der Waals surface area contributed by atoms with Gasteiger partial charge in [0.15, 0.2) is 0 Å². The molecule has 0 aromatic heterocycles. The van der Waals surface area contributed by atoms with Crippen LogP contribution in [0.4, 0.5) is 18.9 Å². The molecule has 2 aromatic rings. The Morgan fingerprint density at radius 3 is 2.57 bits per heavy atom. The van der Waals surface area contributed by atoms with Gasteiger partial charge in [0.25, 0.3) is 0 Å². The zero-order valence-electron chi connectivity index (χ0n) is 11.2. The van der Waals surface area contributed by atoms with Crippen LogP contribution in [-0.4, -0.2) is 6.36 Å². The normalized spacial score (nSPS) is 11.3. The minimum atomic E-state index is -4.67. The third kappa shape index (κ3) is 4.97. The van der Waals surface area contributed by atoms with Crippen LogP contribution >= 0.6 is 15.9 Å². The van der Waals surface area contributed by atoms with E-state index >= 15 is 0 Å². The van der Waals surface area contributed by atoms with Crippen LogP contribution in [0.1, 0.15) is 11.1 Å². The molecule has 0 amide bonds. The Bertz CT molecular complexity index is 629. The first-order valence-electron chi connectivity index (χ1n) is 6.18. The van der Waals surface area contributed by atoms with Gasteiger partial charge in [-0.25, -0.2) is 0 Å². The molecule has 0 bridgehead atoms. The van der Waals surface area contributed by atoms with E-state index in [2.05, 4.69) is 26.0 Å². The summed E-state index contributed by atoms with van der Waals surface area (Å²) in [6.45, 7) is 2.38. The number of ether oxygens (including phenoxy) is 1. The highest BCUT2D eigenvalue weighted by Crippen LogP contribution is 2.24. The second-order valence-corrected chi connectivity index (χ2v) is 5.37. The Balaban J connectivity index is 2.03. The van der Waals surface area contributed by atoms with Crippen molar-refractivity contribution in [1.29, 1.82) is 0 Å². The van der Waals surface area contributed by atoms with E-state index in [1.165, 1.54) is 18.2 Å². The first-order chi connectivity index (χ1) is 9.83. The maximum atomic E-state index is 12.2. The SMILES string of the molecule is Cc1cc(NCc2cccc(OC(F)(F)F)c2)ccc1Br. The zero-order valence-corrected chi connectivity index (χ0v) is 12.8. The molecule has 0 saturated heterocycles. The fraction of sp³-hybridized carbons (Fsp3) is 0.200. The smallest absolute Gasteiger partial charge is 0.406 e. The summed E-state index contributed by atoms with van der Waals surface area (Å²) in [6, 6.07) is 11.7. The number of hydrogen-bond donors (Lipinski definition) is 1. The van der Waals surface area contributed by atoms with Gasteiger partial charge in [0.1, 0.15) is 5.75 Å². The highest BCUT2D eigenvalue weighted by Gasteiger charge is 2.31. The highest BCUT2D eigenvalue weighted by atomic mass is 79.9. The molecule has 0 atom stereocenters. The molecule has 0 heterocycles. The van der Waals surface area contributed by atoms with Gasteiger partial charge in [-0.3, -0.25) is 0 Å². The molecule has 0 aliphatic rings. The molecule has 0 unspecified atom stereocenters. The molecule has 0 aliphatic carbocycles. The zero-order chi connectivity index (χ0) is 15.5. The predicted molar refractivity (Wildman–Crippen MR) is 79.3 cm³/mol. The van der Waals surface area contributed by atoms with Gasteiger partial charge < -0.3 is 10.1 Å². The first-order valence-corrected chi connectivity index (χ1v) is 6.97. The molecular formula is C15H13BrF3NO. The number of aryl methyl sites for hydroxylation is 1. The fourth-order valence-electron chi connectivity index (χ4n) is 1.81. The van der Waals surface area contributed by atoms with E-state index in [-0.39, 0.29) is 5.75 Å². The van der Waals surface area contributed by atoms with Crippen molar-refractivity contribution in [3.05, 3.63) is 58.1 Å². The van der Waals surface area contributed by atoms with Crippen molar-refractivity contribution >= 4 is 21.6 Å². The number of hydrogen-bond acceptors (Lipinski definition) is 2. The number of nitrogens with one attached hydrogen (secondary N) is 1. The van der Waals surface area contributed by atoms with Crippen LogP contribution in [0, 0.1) is 6.92 Å². The average molecular weight is 360 g/mol. The van der Waals surface area contributed by atoms with E-state index in [0.29, 0.717) is 12.1 Å². The molecule has 6 heteroatoms. The summed E-state index contributed by atoms with van der Waals surface area (Å²) in [4.78, 5) is 0. The molecule has 0 saturated carbocycles. The van der Waals surface area contributed by atoms with Crippen molar-refractivity contribution in [2.45, 2.75) is 19.8 Å². The Labute approximate surface area is 129 Å². The molecule has 2 rings (SSSR count). The van der Waals surface area contributed by atoms with Crippen LogP contribution in [-0.2, 0) is 6.54 Å². The lowest BCUT2D eigenvalue weighted by Gasteiger charge is -2.11. The molecule has 0 spiro atoms. The lowest BCUT2D eigenvalue weighted by Crippen LogP contribution is -2.17. The third-order valence-corrected chi connectivity index (χ3v) is 3.68. The second-order valence-electron chi connectivity index (χ2n) is 4.51. The number of rotatable bonds is 4. The monoisotopic (exact) mass is 359 g/mol. The summed E-state index contributed by atoms with van der Waals surface area (Å²) >= 11 is 3.41. The number of halogens is 4. The number of anilines is 1. The van der Waals surface area contributed by atoms with Crippen molar-refractivity contribution in [2.75, 3.05) is 5.32 Å². The quantitative estimate of drug-likeness (QED) is 0.802. The van der Waals surface area contributed by atoms with E-state index in [1.54, 1.807) is 6.07 Å². The standard InChI is InChI=1S/C15H13BrF3NO/c1-10-7-12(5-6-14(10)16)20-9-11-3-2-4-13(8-11)21-15(17,18)19/h2-8,20H,9H2,1H3. The minimum absolute atomic E-state index is 0.214. The van der Waals surface area contributed by atoms with Gasteiger partial charge in [-0.15, -0.1) is 13.2 Å². The fourth-order valence-corrected chi connectivity index (χ4v) is 2.06. The molecule has 0 fully saturated rings. The van der Waals surface area contributed by atoms with Gasteiger partial charge in [0.2, 0.25) is 0 Å². The minimum Gasteiger partial charge on any atom is -0.406 e. The molecular weight excluding hydrogens is 347 g/mol.